The summed E-state index contributed by atoms with van der Waals surface area (Å²) in [5.41, 5.74) is 4.10. The molecule has 0 bridgehead atoms. The number of halogens is 1. The zero-order valence-corrected chi connectivity index (χ0v) is 23.7. The standard InChI is InChI=1S/C30H36ClN3O3S/c1-22-8-13-29(26(31)18-22)38(36,37)25-11-9-23(10-12-25)20-32-30(35)28-19-24-21-34(17-14-27(24)33-28)15-6-4-2-3-5-7-16-34/h8-13,18-19,28H,2-7,14-17,20-21H2,1H3/p+1. The Balaban J connectivity index is 1.20. The lowest BCUT2D eigenvalue weighted by molar-refractivity contribution is -0.924. The van der Waals surface area contributed by atoms with Gasteiger partial charge in [-0.25, -0.2) is 8.42 Å². The van der Waals surface area contributed by atoms with Crippen molar-refractivity contribution in [3.05, 3.63) is 70.3 Å². The number of quaternary nitrogens is 1. The number of carbonyl (C=O) groups is 1. The summed E-state index contributed by atoms with van der Waals surface area (Å²) in [5, 5.41) is 3.20. The molecule has 2 aromatic carbocycles. The summed E-state index contributed by atoms with van der Waals surface area (Å²) in [6.07, 6.45) is 11.0. The van der Waals surface area contributed by atoms with E-state index in [9.17, 15) is 13.2 Å². The van der Waals surface area contributed by atoms with Crippen LogP contribution in [0.1, 0.15) is 56.1 Å². The average Bonchev–Trinajstić information content (AvgIpc) is 3.35. The minimum absolute atomic E-state index is 0.0935. The molecule has 2 fully saturated rings. The maximum absolute atomic E-state index is 13.0. The van der Waals surface area contributed by atoms with Gasteiger partial charge in [-0.2, -0.15) is 0 Å². The molecule has 8 heteroatoms. The van der Waals surface area contributed by atoms with Crippen molar-refractivity contribution in [1.82, 2.24) is 5.32 Å². The van der Waals surface area contributed by atoms with Crippen molar-refractivity contribution in [1.29, 1.82) is 0 Å². The number of piperidine rings is 1. The number of aryl methyl sites for hydroxylation is 1. The second-order valence-corrected chi connectivity index (χ2v) is 13.4. The summed E-state index contributed by atoms with van der Waals surface area (Å²) in [4.78, 5) is 18.0. The van der Waals surface area contributed by atoms with E-state index < -0.39 is 15.9 Å². The topological polar surface area (TPSA) is 75.6 Å². The van der Waals surface area contributed by atoms with Crippen molar-refractivity contribution >= 4 is 33.1 Å². The lowest BCUT2D eigenvalue weighted by Crippen LogP contribution is -2.54. The van der Waals surface area contributed by atoms with Gasteiger partial charge in [0.05, 0.1) is 40.2 Å². The van der Waals surface area contributed by atoms with Gasteiger partial charge in [0.1, 0.15) is 12.6 Å². The van der Waals surface area contributed by atoms with E-state index >= 15 is 0 Å². The number of fused-ring (bicyclic) bond motifs is 1. The third-order valence-corrected chi connectivity index (χ3v) is 10.5. The fourth-order valence-corrected chi connectivity index (χ4v) is 7.84. The van der Waals surface area contributed by atoms with Crippen molar-refractivity contribution in [2.75, 3.05) is 26.2 Å². The lowest BCUT2D eigenvalue weighted by atomic mass is 9.99. The van der Waals surface area contributed by atoms with Crippen LogP contribution < -0.4 is 5.32 Å². The zero-order chi connectivity index (χ0) is 26.8. The highest BCUT2D eigenvalue weighted by molar-refractivity contribution is 7.91. The first-order valence-corrected chi connectivity index (χ1v) is 15.6. The number of nitrogens with zero attached hydrogens (tertiary/aromatic N) is 2. The molecule has 0 aliphatic carbocycles. The fraction of sp³-hybridized carbons (Fsp3) is 0.467. The lowest BCUT2D eigenvalue weighted by Gasteiger charge is -2.42. The summed E-state index contributed by atoms with van der Waals surface area (Å²) in [7, 11) is -3.72. The molecule has 3 heterocycles. The van der Waals surface area contributed by atoms with Crippen LogP contribution >= 0.6 is 11.6 Å². The first kappa shape index (κ1) is 27.1. The van der Waals surface area contributed by atoms with Crippen LogP contribution in [0.2, 0.25) is 5.02 Å². The van der Waals surface area contributed by atoms with Gasteiger partial charge >= 0.3 is 0 Å². The Kier molecular flexibility index (Phi) is 8.08. The van der Waals surface area contributed by atoms with Crippen LogP contribution in [0.5, 0.6) is 0 Å². The van der Waals surface area contributed by atoms with E-state index in [-0.39, 0.29) is 20.7 Å². The van der Waals surface area contributed by atoms with E-state index in [2.05, 4.69) is 11.4 Å². The molecular formula is C30H37ClN3O3S+. The average molecular weight is 555 g/mol. The molecule has 38 heavy (non-hydrogen) atoms. The Morgan fingerprint density at radius 3 is 2.37 bits per heavy atom. The van der Waals surface area contributed by atoms with Crippen molar-refractivity contribution in [2.24, 2.45) is 4.99 Å². The maximum atomic E-state index is 13.0. The van der Waals surface area contributed by atoms with Crippen molar-refractivity contribution < 1.29 is 17.7 Å². The molecule has 2 aromatic rings. The van der Waals surface area contributed by atoms with Crippen LogP contribution in [0, 0.1) is 6.92 Å². The van der Waals surface area contributed by atoms with Crippen LogP contribution in [-0.2, 0) is 21.2 Å². The molecule has 0 radical (unpaired) electrons. The molecule has 0 aromatic heterocycles. The summed E-state index contributed by atoms with van der Waals surface area (Å²) < 4.78 is 27.2. The second kappa shape index (κ2) is 11.3. The number of aliphatic imine (C=N–C) groups is 1. The molecule has 1 spiro atoms. The molecule has 6 nitrogen and oxygen atoms in total. The highest BCUT2D eigenvalue weighted by atomic mass is 35.5. The molecule has 2 saturated heterocycles. The number of amides is 1. The molecule has 1 atom stereocenters. The monoisotopic (exact) mass is 554 g/mol. The Morgan fingerprint density at radius 2 is 1.68 bits per heavy atom. The predicted octanol–water partition coefficient (Wildman–Crippen LogP) is 5.42. The number of hydrogen-bond acceptors (Lipinski definition) is 4. The zero-order valence-electron chi connectivity index (χ0n) is 22.1. The van der Waals surface area contributed by atoms with E-state index in [1.54, 1.807) is 36.4 Å². The van der Waals surface area contributed by atoms with Gasteiger partial charge in [0, 0.05) is 18.5 Å². The van der Waals surface area contributed by atoms with Gasteiger partial charge in [-0.15, -0.1) is 0 Å². The maximum Gasteiger partial charge on any atom is 0.249 e. The van der Waals surface area contributed by atoms with Crippen LogP contribution in [0.3, 0.4) is 0 Å². The normalized spacial score (nSPS) is 21.5. The van der Waals surface area contributed by atoms with E-state index in [1.807, 2.05) is 6.92 Å². The molecule has 1 N–H and O–H groups in total. The summed E-state index contributed by atoms with van der Waals surface area (Å²) in [6, 6.07) is 11.0. The van der Waals surface area contributed by atoms with Crippen LogP contribution in [0.25, 0.3) is 0 Å². The minimum Gasteiger partial charge on any atom is -0.350 e. The van der Waals surface area contributed by atoms with E-state index in [1.165, 1.54) is 63.3 Å². The van der Waals surface area contributed by atoms with Gasteiger partial charge < -0.3 is 9.80 Å². The number of hydrogen-bond donors (Lipinski definition) is 1. The molecule has 3 aliphatic rings. The highest BCUT2D eigenvalue weighted by Gasteiger charge is 2.38. The summed E-state index contributed by atoms with van der Waals surface area (Å²) >= 11 is 6.21. The number of rotatable bonds is 5. The summed E-state index contributed by atoms with van der Waals surface area (Å²) in [5.74, 6) is -0.112. The first-order valence-electron chi connectivity index (χ1n) is 13.8. The molecule has 1 amide bonds. The molecular weight excluding hydrogens is 518 g/mol. The van der Waals surface area contributed by atoms with E-state index in [0.29, 0.717) is 6.54 Å². The van der Waals surface area contributed by atoms with Crippen molar-refractivity contribution in [2.45, 2.75) is 74.2 Å². The van der Waals surface area contributed by atoms with Gasteiger partial charge in [-0.3, -0.25) is 9.79 Å². The predicted molar refractivity (Wildman–Crippen MR) is 151 cm³/mol. The van der Waals surface area contributed by atoms with Gasteiger partial charge in [0.15, 0.2) is 0 Å². The smallest absolute Gasteiger partial charge is 0.249 e. The van der Waals surface area contributed by atoms with Gasteiger partial charge in [-0.1, -0.05) is 42.6 Å². The number of benzene rings is 2. The Hall–Kier alpha value is -2.48. The highest BCUT2D eigenvalue weighted by Crippen LogP contribution is 2.30. The Labute approximate surface area is 231 Å². The quantitative estimate of drug-likeness (QED) is 0.501. The number of sulfone groups is 1. The van der Waals surface area contributed by atoms with Crippen molar-refractivity contribution in [3.63, 3.8) is 0 Å². The van der Waals surface area contributed by atoms with Gasteiger partial charge in [0.2, 0.25) is 15.7 Å². The second-order valence-electron chi connectivity index (χ2n) is 11.1. The third-order valence-electron chi connectivity index (χ3n) is 8.21. The Morgan fingerprint density at radius 1 is 1.00 bits per heavy atom. The number of carbonyl (C=O) groups excluding carboxylic acids is 1. The molecule has 0 saturated carbocycles. The minimum atomic E-state index is -3.72. The largest absolute Gasteiger partial charge is 0.350 e. The summed E-state index contributed by atoms with van der Waals surface area (Å²) in [6.45, 7) is 6.79. The van der Waals surface area contributed by atoms with Gasteiger partial charge in [0.25, 0.3) is 0 Å². The van der Waals surface area contributed by atoms with Crippen LogP contribution in [-0.4, -0.2) is 56.7 Å². The van der Waals surface area contributed by atoms with Crippen molar-refractivity contribution in [3.8, 4) is 0 Å². The number of nitrogens with one attached hydrogen (secondary N) is 1. The molecule has 202 valence electrons. The van der Waals surface area contributed by atoms with Crippen LogP contribution in [0.15, 0.2) is 68.9 Å². The molecule has 1 unspecified atom stereocenters. The first-order chi connectivity index (χ1) is 18.3. The van der Waals surface area contributed by atoms with Crippen LogP contribution in [0.4, 0.5) is 0 Å². The van der Waals surface area contributed by atoms with Gasteiger partial charge in [-0.05, 0) is 74.1 Å². The van der Waals surface area contributed by atoms with E-state index in [0.717, 1.165) is 40.8 Å². The fourth-order valence-electron chi connectivity index (χ4n) is 5.99. The SMILES string of the molecule is Cc1ccc(S(=O)(=O)c2ccc(CNC(=O)C3C=C4C[N+]5(CCCCCCCC5)CCC4=N3)cc2)c(Cl)c1. The molecule has 3 aliphatic heterocycles. The van der Waals surface area contributed by atoms with E-state index in [4.69, 9.17) is 16.6 Å². The third kappa shape index (κ3) is 5.90. The molecule has 5 rings (SSSR count). The Bertz CT molecular complexity index is 1360.